The van der Waals surface area contributed by atoms with Crippen LogP contribution >= 0.6 is 27.7 Å². The topological polar surface area (TPSA) is 67.6 Å². The number of rotatable bonds is 6. The van der Waals surface area contributed by atoms with E-state index in [0.717, 1.165) is 67.0 Å². The van der Waals surface area contributed by atoms with Crippen LogP contribution in [0.4, 0.5) is 5.95 Å². The predicted molar refractivity (Wildman–Crippen MR) is 90.6 cm³/mol. The Labute approximate surface area is 142 Å². The number of morpholine rings is 1. The van der Waals surface area contributed by atoms with E-state index in [-0.39, 0.29) is 0 Å². The number of hydrogen-bond acceptors (Lipinski definition) is 7. The average Bonchev–Trinajstić information content (AvgIpc) is 2.94. The molecule has 0 aliphatic carbocycles. The molecule has 1 N–H and O–H groups in total. The van der Waals surface area contributed by atoms with Crippen molar-refractivity contribution in [3.8, 4) is 0 Å². The molecule has 3 rings (SSSR count). The van der Waals surface area contributed by atoms with Crippen molar-refractivity contribution in [2.24, 2.45) is 0 Å². The van der Waals surface area contributed by atoms with Gasteiger partial charge in [0.05, 0.1) is 23.9 Å². The van der Waals surface area contributed by atoms with Gasteiger partial charge in [-0.3, -0.25) is 4.90 Å². The van der Waals surface area contributed by atoms with E-state index in [1.807, 2.05) is 6.26 Å². The van der Waals surface area contributed by atoms with Crippen molar-refractivity contribution in [1.29, 1.82) is 0 Å². The molecule has 3 heterocycles. The van der Waals surface area contributed by atoms with E-state index in [0.29, 0.717) is 0 Å². The summed E-state index contributed by atoms with van der Waals surface area (Å²) in [5.41, 5.74) is 0.787. The molecular formula is C13H19BrN6OS. The SMILES string of the molecule is CSc1nc(NCCCN2CCOCC2)n2ncc(Br)c2n1. The average molecular weight is 387 g/mol. The Kier molecular flexibility index (Phi) is 5.51. The number of nitrogens with one attached hydrogen (secondary N) is 1. The Morgan fingerprint density at radius 2 is 2.18 bits per heavy atom. The number of thioether (sulfide) groups is 1. The van der Waals surface area contributed by atoms with Gasteiger partial charge in [0, 0.05) is 19.6 Å². The van der Waals surface area contributed by atoms with E-state index < -0.39 is 0 Å². The molecule has 0 atom stereocenters. The number of anilines is 1. The van der Waals surface area contributed by atoms with Crippen LogP contribution in [-0.2, 0) is 4.74 Å². The second-order valence-corrected chi connectivity index (χ2v) is 6.62. The van der Waals surface area contributed by atoms with Gasteiger partial charge in [0.2, 0.25) is 5.95 Å². The molecule has 9 heteroatoms. The molecule has 1 saturated heterocycles. The normalized spacial score (nSPS) is 16.3. The van der Waals surface area contributed by atoms with Gasteiger partial charge in [0.25, 0.3) is 0 Å². The number of ether oxygens (including phenoxy) is 1. The molecule has 120 valence electrons. The third-order valence-electron chi connectivity index (χ3n) is 3.53. The molecule has 2 aromatic rings. The predicted octanol–water partition coefficient (Wildman–Crippen LogP) is 1.74. The Balaban J connectivity index is 1.60. The van der Waals surface area contributed by atoms with Crippen LogP contribution < -0.4 is 5.32 Å². The Hall–Kier alpha value is -0.900. The minimum Gasteiger partial charge on any atom is -0.379 e. The molecule has 0 bridgehead atoms. The summed E-state index contributed by atoms with van der Waals surface area (Å²) in [6, 6.07) is 0. The number of halogens is 1. The van der Waals surface area contributed by atoms with Crippen molar-refractivity contribution in [1.82, 2.24) is 24.5 Å². The van der Waals surface area contributed by atoms with Gasteiger partial charge in [-0.1, -0.05) is 11.8 Å². The summed E-state index contributed by atoms with van der Waals surface area (Å²) in [5, 5.41) is 8.42. The summed E-state index contributed by atoms with van der Waals surface area (Å²) in [7, 11) is 0. The zero-order chi connectivity index (χ0) is 15.4. The first-order valence-electron chi connectivity index (χ1n) is 7.27. The molecule has 1 fully saturated rings. The first-order valence-corrected chi connectivity index (χ1v) is 9.29. The summed E-state index contributed by atoms with van der Waals surface area (Å²) in [6.07, 6.45) is 4.77. The van der Waals surface area contributed by atoms with Crippen LogP contribution in [0.15, 0.2) is 15.8 Å². The Morgan fingerprint density at radius 1 is 1.36 bits per heavy atom. The molecular weight excluding hydrogens is 368 g/mol. The molecule has 0 aromatic carbocycles. The highest BCUT2D eigenvalue weighted by Gasteiger charge is 2.12. The van der Waals surface area contributed by atoms with Gasteiger partial charge in [-0.05, 0) is 35.2 Å². The van der Waals surface area contributed by atoms with Crippen LogP contribution in [0.2, 0.25) is 0 Å². The van der Waals surface area contributed by atoms with Gasteiger partial charge in [0.1, 0.15) is 0 Å². The van der Waals surface area contributed by atoms with Crippen LogP contribution in [0.5, 0.6) is 0 Å². The summed E-state index contributed by atoms with van der Waals surface area (Å²) < 4.78 is 7.97. The van der Waals surface area contributed by atoms with Crippen LogP contribution in [0, 0.1) is 0 Å². The van der Waals surface area contributed by atoms with Gasteiger partial charge >= 0.3 is 0 Å². The number of aromatic nitrogens is 4. The number of fused-ring (bicyclic) bond motifs is 1. The molecule has 0 spiro atoms. The molecule has 1 aliphatic rings. The zero-order valence-electron chi connectivity index (χ0n) is 12.5. The van der Waals surface area contributed by atoms with Crippen LogP contribution in [0.25, 0.3) is 5.65 Å². The smallest absolute Gasteiger partial charge is 0.228 e. The maximum absolute atomic E-state index is 5.36. The van der Waals surface area contributed by atoms with Gasteiger partial charge in [-0.25, -0.2) is 4.98 Å². The molecule has 7 nitrogen and oxygen atoms in total. The fourth-order valence-electron chi connectivity index (χ4n) is 2.36. The van der Waals surface area contributed by atoms with E-state index in [1.165, 1.54) is 11.8 Å². The van der Waals surface area contributed by atoms with E-state index in [2.05, 4.69) is 41.2 Å². The lowest BCUT2D eigenvalue weighted by molar-refractivity contribution is 0.0378. The largest absolute Gasteiger partial charge is 0.379 e. The minimum absolute atomic E-state index is 0.738. The van der Waals surface area contributed by atoms with E-state index in [1.54, 1.807) is 10.7 Å². The lowest BCUT2D eigenvalue weighted by Crippen LogP contribution is -2.37. The first-order chi connectivity index (χ1) is 10.8. The van der Waals surface area contributed by atoms with Crippen molar-refractivity contribution in [3.63, 3.8) is 0 Å². The Morgan fingerprint density at radius 3 is 2.95 bits per heavy atom. The summed E-state index contributed by atoms with van der Waals surface area (Å²) in [6.45, 7) is 5.68. The summed E-state index contributed by atoms with van der Waals surface area (Å²) in [4.78, 5) is 11.4. The van der Waals surface area contributed by atoms with E-state index in [9.17, 15) is 0 Å². The van der Waals surface area contributed by atoms with Gasteiger partial charge < -0.3 is 10.1 Å². The lowest BCUT2D eigenvalue weighted by atomic mass is 10.3. The van der Waals surface area contributed by atoms with Crippen LogP contribution in [0.1, 0.15) is 6.42 Å². The lowest BCUT2D eigenvalue weighted by Gasteiger charge is -2.26. The third-order valence-corrected chi connectivity index (χ3v) is 4.63. The monoisotopic (exact) mass is 386 g/mol. The second-order valence-electron chi connectivity index (χ2n) is 5.00. The van der Waals surface area contributed by atoms with Crippen LogP contribution in [-0.4, -0.2) is 70.1 Å². The molecule has 22 heavy (non-hydrogen) atoms. The van der Waals surface area contributed by atoms with E-state index in [4.69, 9.17) is 4.74 Å². The standard InChI is InChI=1S/C13H19BrN6OS/c1-22-13-17-11-10(14)9-16-20(11)12(18-13)15-3-2-4-19-5-7-21-8-6-19/h9H,2-8H2,1H3,(H,15,17,18). The zero-order valence-corrected chi connectivity index (χ0v) is 14.9. The van der Waals surface area contributed by atoms with Crippen molar-refractivity contribution >= 4 is 39.3 Å². The molecule has 0 unspecified atom stereocenters. The van der Waals surface area contributed by atoms with Gasteiger partial charge in [-0.2, -0.15) is 14.6 Å². The minimum atomic E-state index is 0.738. The summed E-state index contributed by atoms with van der Waals surface area (Å²) >= 11 is 4.99. The van der Waals surface area contributed by atoms with Crippen molar-refractivity contribution < 1.29 is 4.74 Å². The van der Waals surface area contributed by atoms with Gasteiger partial charge in [-0.15, -0.1) is 0 Å². The second kappa shape index (κ2) is 7.58. The van der Waals surface area contributed by atoms with Crippen LogP contribution in [0.3, 0.4) is 0 Å². The highest BCUT2D eigenvalue weighted by atomic mass is 79.9. The number of hydrogen-bond donors (Lipinski definition) is 1. The first kappa shape index (κ1) is 16.0. The fraction of sp³-hybridized carbons (Fsp3) is 0.615. The van der Waals surface area contributed by atoms with Gasteiger partial charge in [0.15, 0.2) is 10.8 Å². The molecule has 0 saturated carbocycles. The quantitative estimate of drug-likeness (QED) is 0.598. The highest BCUT2D eigenvalue weighted by Crippen LogP contribution is 2.21. The maximum Gasteiger partial charge on any atom is 0.228 e. The van der Waals surface area contributed by atoms with Crippen molar-refractivity contribution in [2.75, 3.05) is 51.0 Å². The van der Waals surface area contributed by atoms with E-state index >= 15 is 0 Å². The number of nitrogens with zero attached hydrogens (tertiary/aromatic N) is 5. The summed E-state index contributed by atoms with van der Waals surface area (Å²) in [5.74, 6) is 0.738. The highest BCUT2D eigenvalue weighted by molar-refractivity contribution is 9.10. The Bertz CT molecular complexity index is 630. The molecule has 0 radical (unpaired) electrons. The van der Waals surface area contributed by atoms with Crippen molar-refractivity contribution in [2.45, 2.75) is 11.6 Å². The molecule has 2 aromatic heterocycles. The molecule has 1 aliphatic heterocycles. The fourth-order valence-corrected chi connectivity index (χ4v) is 3.07. The van der Waals surface area contributed by atoms with Crippen molar-refractivity contribution in [3.05, 3.63) is 10.7 Å². The third kappa shape index (κ3) is 3.70. The molecule has 0 amide bonds. The maximum atomic E-state index is 5.36.